The van der Waals surface area contributed by atoms with E-state index >= 15 is 0 Å². The van der Waals surface area contributed by atoms with Crippen LogP contribution in [0, 0.1) is 10.1 Å². The highest BCUT2D eigenvalue weighted by Crippen LogP contribution is 2.18. The molecule has 18 heavy (non-hydrogen) atoms. The Hall–Kier alpha value is -2.35. The molecule has 0 aliphatic heterocycles. The van der Waals surface area contributed by atoms with E-state index in [1.54, 1.807) is 12.1 Å². The smallest absolute Gasteiger partial charge is 0.269 e. The van der Waals surface area contributed by atoms with Crippen molar-refractivity contribution in [2.75, 3.05) is 6.61 Å². The Kier molecular flexibility index (Phi) is 3.58. The summed E-state index contributed by atoms with van der Waals surface area (Å²) in [7, 11) is 0. The normalized spacial score (nSPS) is 10.5. The predicted molar refractivity (Wildman–Crippen MR) is 61.5 cm³/mol. The summed E-state index contributed by atoms with van der Waals surface area (Å²) in [6.45, 7) is 2.67. The monoisotopic (exact) mass is 249 g/mol. The number of nitrogens with zero attached hydrogens (tertiary/aromatic N) is 5. The zero-order valence-corrected chi connectivity index (χ0v) is 9.68. The Morgan fingerprint density at radius 3 is 2.72 bits per heavy atom. The maximum atomic E-state index is 10.5. The molecule has 1 aromatic heterocycles. The third-order valence-corrected chi connectivity index (χ3v) is 2.20. The molecule has 0 unspecified atom stereocenters. The van der Waals surface area contributed by atoms with Gasteiger partial charge in [-0.15, -0.1) is 15.0 Å². The molecule has 2 rings (SSSR count). The van der Waals surface area contributed by atoms with E-state index in [4.69, 9.17) is 4.74 Å². The summed E-state index contributed by atoms with van der Waals surface area (Å²) < 4.78 is 5.13. The lowest BCUT2D eigenvalue weighted by atomic mass is 10.2. The highest BCUT2D eigenvalue weighted by Gasteiger charge is 2.09. The summed E-state index contributed by atoms with van der Waals surface area (Å²) in [5.74, 6) is 0.407. The van der Waals surface area contributed by atoms with Gasteiger partial charge in [0.15, 0.2) is 6.73 Å². The fourth-order valence-corrected chi connectivity index (χ4v) is 1.32. The SMILES string of the molecule is CCOCn1nnc(-c2ccc([N+](=O)[O-])cc2)n1. The molecular formula is C10H11N5O3. The summed E-state index contributed by atoms with van der Waals surface area (Å²) in [4.78, 5) is 11.4. The Morgan fingerprint density at radius 2 is 2.11 bits per heavy atom. The maximum Gasteiger partial charge on any atom is 0.269 e. The predicted octanol–water partition coefficient (Wildman–Crippen LogP) is 1.24. The van der Waals surface area contributed by atoms with Gasteiger partial charge in [0.25, 0.3) is 5.69 Å². The standard InChI is InChI=1S/C10H11N5O3/c1-2-18-7-14-12-10(11-13-14)8-3-5-9(6-4-8)15(16)17/h3-6H,2,7H2,1H3. The molecule has 0 amide bonds. The van der Waals surface area contributed by atoms with Crippen LogP contribution in [0.2, 0.25) is 0 Å². The van der Waals surface area contributed by atoms with E-state index in [0.717, 1.165) is 0 Å². The Balaban J connectivity index is 2.15. The average Bonchev–Trinajstić information content (AvgIpc) is 2.85. The van der Waals surface area contributed by atoms with Crippen molar-refractivity contribution < 1.29 is 9.66 Å². The lowest BCUT2D eigenvalue weighted by molar-refractivity contribution is -0.384. The second kappa shape index (κ2) is 5.32. The number of hydrogen-bond donors (Lipinski definition) is 0. The van der Waals surface area contributed by atoms with Crippen molar-refractivity contribution in [3.8, 4) is 11.4 Å². The second-order valence-electron chi connectivity index (χ2n) is 3.41. The Morgan fingerprint density at radius 1 is 1.39 bits per heavy atom. The molecule has 0 aliphatic carbocycles. The van der Waals surface area contributed by atoms with E-state index in [0.29, 0.717) is 18.0 Å². The molecule has 0 N–H and O–H groups in total. The minimum atomic E-state index is -0.455. The number of non-ortho nitro benzene ring substituents is 1. The van der Waals surface area contributed by atoms with Crippen molar-refractivity contribution in [3.05, 3.63) is 34.4 Å². The van der Waals surface area contributed by atoms with Crippen LogP contribution >= 0.6 is 0 Å². The van der Waals surface area contributed by atoms with Crippen LogP contribution in [-0.2, 0) is 11.5 Å². The molecule has 0 saturated heterocycles. The Bertz CT molecular complexity index is 537. The molecule has 0 fully saturated rings. The minimum absolute atomic E-state index is 0.0282. The first-order valence-electron chi connectivity index (χ1n) is 5.31. The van der Waals surface area contributed by atoms with Gasteiger partial charge in [-0.3, -0.25) is 10.1 Å². The minimum Gasteiger partial charge on any atom is -0.358 e. The molecular weight excluding hydrogens is 238 g/mol. The van der Waals surface area contributed by atoms with Crippen LogP contribution in [0.25, 0.3) is 11.4 Å². The summed E-state index contributed by atoms with van der Waals surface area (Å²) >= 11 is 0. The van der Waals surface area contributed by atoms with E-state index < -0.39 is 4.92 Å². The van der Waals surface area contributed by atoms with Crippen molar-refractivity contribution in [2.45, 2.75) is 13.7 Å². The summed E-state index contributed by atoms with van der Waals surface area (Å²) in [5, 5.41) is 22.3. The molecule has 94 valence electrons. The third-order valence-electron chi connectivity index (χ3n) is 2.20. The number of aromatic nitrogens is 4. The van der Waals surface area contributed by atoms with Gasteiger partial charge < -0.3 is 4.74 Å². The highest BCUT2D eigenvalue weighted by molar-refractivity contribution is 5.56. The van der Waals surface area contributed by atoms with E-state index in [1.807, 2.05) is 6.92 Å². The van der Waals surface area contributed by atoms with Gasteiger partial charge in [-0.2, -0.15) is 0 Å². The first kappa shape index (κ1) is 12.1. The molecule has 1 heterocycles. The van der Waals surface area contributed by atoms with Gasteiger partial charge in [-0.05, 0) is 24.3 Å². The molecule has 0 aliphatic rings. The molecule has 1 aromatic carbocycles. The van der Waals surface area contributed by atoms with E-state index in [2.05, 4.69) is 15.4 Å². The largest absolute Gasteiger partial charge is 0.358 e. The number of nitro groups is 1. The van der Waals surface area contributed by atoms with E-state index in [9.17, 15) is 10.1 Å². The van der Waals surface area contributed by atoms with Crippen molar-refractivity contribution in [1.82, 2.24) is 20.2 Å². The van der Waals surface area contributed by atoms with Crippen LogP contribution in [0.1, 0.15) is 6.92 Å². The van der Waals surface area contributed by atoms with Gasteiger partial charge in [0.05, 0.1) is 4.92 Å². The van der Waals surface area contributed by atoms with Gasteiger partial charge in [0.1, 0.15) is 0 Å². The number of ether oxygens (including phenoxy) is 1. The first-order chi connectivity index (χ1) is 8.70. The molecule has 8 nitrogen and oxygen atoms in total. The number of rotatable bonds is 5. The summed E-state index contributed by atoms with van der Waals surface area (Å²) in [6.07, 6.45) is 0. The fourth-order valence-electron chi connectivity index (χ4n) is 1.32. The van der Waals surface area contributed by atoms with Crippen LogP contribution < -0.4 is 0 Å². The highest BCUT2D eigenvalue weighted by atomic mass is 16.6. The molecule has 0 spiro atoms. The van der Waals surface area contributed by atoms with Crippen LogP contribution in [0.4, 0.5) is 5.69 Å². The topological polar surface area (TPSA) is 96.0 Å². The number of hydrogen-bond acceptors (Lipinski definition) is 6. The van der Waals surface area contributed by atoms with Crippen molar-refractivity contribution in [3.63, 3.8) is 0 Å². The zero-order chi connectivity index (χ0) is 13.0. The fraction of sp³-hybridized carbons (Fsp3) is 0.300. The second-order valence-corrected chi connectivity index (χ2v) is 3.41. The van der Waals surface area contributed by atoms with E-state index in [1.165, 1.54) is 16.9 Å². The van der Waals surface area contributed by atoms with Gasteiger partial charge in [-0.1, -0.05) is 0 Å². The van der Waals surface area contributed by atoms with Crippen LogP contribution in [0.3, 0.4) is 0 Å². The van der Waals surface area contributed by atoms with E-state index in [-0.39, 0.29) is 12.4 Å². The molecule has 0 atom stereocenters. The van der Waals surface area contributed by atoms with Crippen molar-refractivity contribution in [2.24, 2.45) is 0 Å². The number of benzene rings is 1. The maximum absolute atomic E-state index is 10.5. The molecule has 2 aromatic rings. The molecule has 8 heteroatoms. The molecule has 0 radical (unpaired) electrons. The quantitative estimate of drug-likeness (QED) is 0.584. The third kappa shape index (κ3) is 2.66. The summed E-state index contributed by atoms with van der Waals surface area (Å²) in [6, 6.07) is 5.97. The molecule has 0 bridgehead atoms. The average molecular weight is 249 g/mol. The summed E-state index contributed by atoms with van der Waals surface area (Å²) in [5.41, 5.74) is 0.698. The lowest BCUT2D eigenvalue weighted by Gasteiger charge is -1.97. The lowest BCUT2D eigenvalue weighted by Crippen LogP contribution is -2.05. The number of nitro benzene ring substituents is 1. The number of tetrazole rings is 1. The van der Waals surface area contributed by atoms with Gasteiger partial charge >= 0.3 is 0 Å². The van der Waals surface area contributed by atoms with Crippen molar-refractivity contribution in [1.29, 1.82) is 0 Å². The van der Waals surface area contributed by atoms with Crippen molar-refractivity contribution >= 4 is 5.69 Å². The van der Waals surface area contributed by atoms with Crippen LogP contribution in [-0.4, -0.2) is 31.7 Å². The van der Waals surface area contributed by atoms with Gasteiger partial charge in [0, 0.05) is 24.3 Å². The van der Waals surface area contributed by atoms with Gasteiger partial charge in [-0.25, -0.2) is 0 Å². The first-order valence-corrected chi connectivity index (χ1v) is 5.31. The van der Waals surface area contributed by atoms with Crippen LogP contribution in [0.15, 0.2) is 24.3 Å². The Labute approximate surface area is 102 Å². The zero-order valence-electron chi connectivity index (χ0n) is 9.68. The molecule has 0 saturated carbocycles. The van der Waals surface area contributed by atoms with Gasteiger partial charge in [0.2, 0.25) is 5.82 Å². The van der Waals surface area contributed by atoms with Crippen LogP contribution in [0.5, 0.6) is 0 Å².